The van der Waals surface area contributed by atoms with E-state index in [2.05, 4.69) is 15.0 Å². The summed E-state index contributed by atoms with van der Waals surface area (Å²) in [7, 11) is 0. The second-order valence-corrected chi connectivity index (χ2v) is 5.12. The molecule has 0 aliphatic carbocycles. The van der Waals surface area contributed by atoms with E-state index in [1.165, 1.54) is 19.9 Å². The van der Waals surface area contributed by atoms with Crippen LogP contribution in [0.15, 0.2) is 28.8 Å². The highest BCUT2D eigenvalue weighted by atomic mass is 19.4. The van der Waals surface area contributed by atoms with Gasteiger partial charge in [0.05, 0.1) is 11.3 Å². The molecule has 134 valence electrons. The Morgan fingerprint density at radius 3 is 2.60 bits per heavy atom. The largest absolute Gasteiger partial charge is 0.449 e. The lowest BCUT2D eigenvalue weighted by Gasteiger charge is -2.14. The molecule has 1 heterocycles. The van der Waals surface area contributed by atoms with Crippen molar-refractivity contribution in [3.8, 4) is 0 Å². The molecule has 0 bridgehead atoms. The van der Waals surface area contributed by atoms with Gasteiger partial charge in [0.25, 0.3) is 5.91 Å². The van der Waals surface area contributed by atoms with Gasteiger partial charge in [0, 0.05) is 5.69 Å². The van der Waals surface area contributed by atoms with Crippen molar-refractivity contribution in [2.45, 2.75) is 26.1 Å². The van der Waals surface area contributed by atoms with Crippen LogP contribution in [-0.4, -0.2) is 23.1 Å². The van der Waals surface area contributed by atoms with Gasteiger partial charge in [-0.2, -0.15) is 13.2 Å². The molecule has 10 heteroatoms. The fraction of sp³-hybridized carbons (Fsp3) is 0.267. The number of hydrogen-bond acceptors (Lipinski definition) is 6. The molecule has 0 radical (unpaired) electrons. The fourth-order valence-electron chi connectivity index (χ4n) is 1.93. The molecule has 25 heavy (non-hydrogen) atoms. The zero-order valence-electron chi connectivity index (χ0n) is 13.2. The topological polar surface area (TPSA) is 107 Å². The van der Waals surface area contributed by atoms with Gasteiger partial charge >= 0.3 is 12.1 Å². The summed E-state index contributed by atoms with van der Waals surface area (Å²) < 4.78 is 47.5. The first-order valence-corrected chi connectivity index (χ1v) is 7.00. The van der Waals surface area contributed by atoms with Crippen LogP contribution in [-0.2, 0) is 15.7 Å². The van der Waals surface area contributed by atoms with Gasteiger partial charge in [-0.3, -0.25) is 4.79 Å². The molecule has 7 nitrogen and oxygen atoms in total. The third-order valence-electron chi connectivity index (χ3n) is 3.20. The molecular weight excluding hydrogens is 343 g/mol. The first kappa shape index (κ1) is 18.3. The lowest BCUT2D eigenvalue weighted by atomic mass is 10.2. The Labute approximate surface area is 139 Å². The standard InChI is InChI=1S/C15H14F3N3O4/c1-7-11(12(19)25-21-7)14(23)24-8(2)13(22)20-10-5-3-4-9(6-10)15(16,17)18/h3-6,8H,19H2,1-2H3,(H,20,22). The van der Waals surface area contributed by atoms with Gasteiger partial charge in [-0.1, -0.05) is 11.2 Å². The Morgan fingerprint density at radius 1 is 1.36 bits per heavy atom. The third-order valence-corrected chi connectivity index (χ3v) is 3.20. The minimum atomic E-state index is -4.54. The van der Waals surface area contributed by atoms with Gasteiger partial charge in [-0.05, 0) is 32.0 Å². The number of nitrogens with one attached hydrogen (secondary N) is 1. The van der Waals surface area contributed by atoms with E-state index >= 15 is 0 Å². The van der Waals surface area contributed by atoms with Gasteiger partial charge in [-0.15, -0.1) is 0 Å². The van der Waals surface area contributed by atoms with Crippen molar-refractivity contribution in [1.82, 2.24) is 5.16 Å². The summed E-state index contributed by atoms with van der Waals surface area (Å²) in [4.78, 5) is 24.0. The average Bonchev–Trinajstić information content (AvgIpc) is 2.85. The summed E-state index contributed by atoms with van der Waals surface area (Å²) in [6.07, 6.45) is -5.82. The molecule has 3 N–H and O–H groups in total. The number of nitrogen functional groups attached to an aromatic ring is 1. The molecule has 2 rings (SSSR count). The van der Waals surface area contributed by atoms with Crippen molar-refractivity contribution < 1.29 is 32.0 Å². The molecular formula is C15H14F3N3O4. The second kappa shape index (κ2) is 6.83. The summed E-state index contributed by atoms with van der Waals surface area (Å²) in [5.41, 5.74) is 4.52. The van der Waals surface area contributed by atoms with Crippen molar-refractivity contribution in [2.75, 3.05) is 11.1 Å². The number of nitrogens with zero attached hydrogens (tertiary/aromatic N) is 1. The quantitative estimate of drug-likeness (QED) is 0.815. The summed E-state index contributed by atoms with van der Waals surface area (Å²) in [5.74, 6) is -1.99. The smallest absolute Gasteiger partial charge is 0.416 e. The lowest BCUT2D eigenvalue weighted by Crippen LogP contribution is -2.30. The van der Waals surface area contributed by atoms with E-state index in [4.69, 9.17) is 10.5 Å². The van der Waals surface area contributed by atoms with Gasteiger partial charge in [0.1, 0.15) is 5.56 Å². The molecule has 1 amide bonds. The highest BCUT2D eigenvalue weighted by Gasteiger charge is 2.31. The van der Waals surface area contributed by atoms with Crippen LogP contribution in [0.25, 0.3) is 0 Å². The van der Waals surface area contributed by atoms with Crippen molar-refractivity contribution in [3.05, 3.63) is 41.1 Å². The number of halogens is 3. The number of anilines is 2. The number of aromatic nitrogens is 1. The van der Waals surface area contributed by atoms with Crippen molar-refractivity contribution in [1.29, 1.82) is 0 Å². The van der Waals surface area contributed by atoms with Gasteiger partial charge in [-0.25, -0.2) is 4.79 Å². The highest BCUT2D eigenvalue weighted by molar-refractivity contribution is 5.99. The van der Waals surface area contributed by atoms with Crippen LogP contribution in [0.3, 0.4) is 0 Å². The van der Waals surface area contributed by atoms with Gasteiger partial charge in [0.15, 0.2) is 6.10 Å². The number of rotatable bonds is 4. The summed E-state index contributed by atoms with van der Waals surface area (Å²) >= 11 is 0. The van der Waals surface area contributed by atoms with Gasteiger partial charge < -0.3 is 20.3 Å². The summed E-state index contributed by atoms with van der Waals surface area (Å²) in [5, 5.41) is 5.73. The van der Waals surface area contributed by atoms with Crippen LogP contribution >= 0.6 is 0 Å². The van der Waals surface area contributed by atoms with Crippen LogP contribution in [0.5, 0.6) is 0 Å². The number of esters is 1. The Balaban J connectivity index is 2.05. The molecule has 0 aliphatic heterocycles. The number of ether oxygens (including phenoxy) is 1. The van der Waals surface area contributed by atoms with E-state index < -0.39 is 29.7 Å². The maximum absolute atomic E-state index is 12.7. The summed E-state index contributed by atoms with van der Waals surface area (Å²) in [6.45, 7) is 2.73. The molecule has 1 unspecified atom stereocenters. The number of aryl methyl sites for hydroxylation is 1. The van der Waals surface area contributed by atoms with E-state index in [-0.39, 0.29) is 22.8 Å². The molecule has 0 fully saturated rings. The molecule has 1 atom stereocenters. The average molecular weight is 357 g/mol. The SMILES string of the molecule is Cc1noc(N)c1C(=O)OC(C)C(=O)Nc1cccc(C(F)(F)F)c1. The Bertz CT molecular complexity index is 782. The van der Waals surface area contributed by atoms with Crippen LogP contribution in [0, 0.1) is 6.92 Å². The van der Waals surface area contributed by atoms with Crippen molar-refractivity contribution in [2.24, 2.45) is 0 Å². The Kier molecular flexibility index (Phi) is 5.00. The molecule has 0 aliphatic rings. The number of nitrogens with two attached hydrogens (primary N) is 1. The van der Waals surface area contributed by atoms with Crippen LogP contribution in [0.2, 0.25) is 0 Å². The molecule has 2 aromatic rings. The number of hydrogen-bond donors (Lipinski definition) is 2. The zero-order valence-corrected chi connectivity index (χ0v) is 13.2. The normalized spacial score (nSPS) is 12.5. The number of carbonyl (C=O) groups excluding carboxylic acids is 2. The number of benzene rings is 1. The lowest BCUT2D eigenvalue weighted by molar-refractivity contribution is -0.137. The predicted molar refractivity (Wildman–Crippen MR) is 80.6 cm³/mol. The monoisotopic (exact) mass is 357 g/mol. The predicted octanol–water partition coefficient (Wildman–Crippen LogP) is 2.77. The fourth-order valence-corrected chi connectivity index (χ4v) is 1.93. The van der Waals surface area contributed by atoms with E-state index in [9.17, 15) is 22.8 Å². The zero-order chi connectivity index (χ0) is 18.8. The van der Waals surface area contributed by atoms with E-state index in [1.807, 2.05) is 0 Å². The minimum absolute atomic E-state index is 0.0802. The Hall–Kier alpha value is -3.04. The summed E-state index contributed by atoms with van der Waals surface area (Å²) in [6, 6.07) is 4.07. The van der Waals surface area contributed by atoms with Crippen LogP contribution in [0.4, 0.5) is 24.7 Å². The minimum Gasteiger partial charge on any atom is -0.449 e. The van der Waals surface area contributed by atoms with Crippen LogP contribution in [0.1, 0.15) is 28.5 Å². The van der Waals surface area contributed by atoms with E-state index in [0.29, 0.717) is 0 Å². The van der Waals surface area contributed by atoms with Crippen LogP contribution < -0.4 is 11.1 Å². The number of carbonyl (C=O) groups is 2. The Morgan fingerprint density at radius 2 is 2.04 bits per heavy atom. The maximum Gasteiger partial charge on any atom is 0.416 e. The van der Waals surface area contributed by atoms with Crippen molar-refractivity contribution >= 4 is 23.4 Å². The first-order valence-electron chi connectivity index (χ1n) is 7.00. The first-order chi connectivity index (χ1) is 11.6. The van der Waals surface area contributed by atoms with Crippen molar-refractivity contribution in [3.63, 3.8) is 0 Å². The molecule has 0 saturated heterocycles. The van der Waals surface area contributed by atoms with Gasteiger partial charge in [0.2, 0.25) is 5.88 Å². The molecule has 1 aromatic heterocycles. The number of amides is 1. The third kappa shape index (κ3) is 4.28. The number of alkyl halides is 3. The molecule has 1 aromatic carbocycles. The molecule has 0 saturated carbocycles. The van der Waals surface area contributed by atoms with E-state index in [0.717, 1.165) is 18.2 Å². The highest BCUT2D eigenvalue weighted by Crippen LogP contribution is 2.30. The maximum atomic E-state index is 12.7. The molecule has 0 spiro atoms. The second-order valence-electron chi connectivity index (χ2n) is 5.12. The van der Waals surface area contributed by atoms with E-state index in [1.54, 1.807) is 0 Å².